The normalized spacial score (nSPS) is 12.6. The third-order valence-electron chi connectivity index (χ3n) is 2.60. The number of rotatable bonds is 4. The van der Waals surface area contributed by atoms with E-state index < -0.39 is 6.10 Å². The van der Waals surface area contributed by atoms with Crippen LogP contribution in [0.3, 0.4) is 0 Å². The second-order valence-corrected chi connectivity index (χ2v) is 4.24. The van der Waals surface area contributed by atoms with Crippen LogP contribution in [0.1, 0.15) is 29.2 Å². The summed E-state index contributed by atoms with van der Waals surface area (Å²) in [7, 11) is 1.58. The van der Waals surface area contributed by atoms with E-state index in [1.165, 1.54) is 0 Å². The van der Waals surface area contributed by atoms with Crippen molar-refractivity contribution >= 4 is 11.6 Å². The molecule has 0 aliphatic heterocycles. The molecule has 0 amide bonds. The maximum Gasteiger partial charge on any atom is 0.129 e. The van der Waals surface area contributed by atoms with Gasteiger partial charge in [-0.25, -0.2) is 0 Å². The predicted molar refractivity (Wildman–Crippen MR) is 66.1 cm³/mol. The number of halogens is 1. The number of aliphatic hydroxyl groups excluding tert-OH is 1. The number of aliphatic hydroxyl groups is 1. The molecule has 0 radical (unpaired) electrons. The molecular weight excluding hydrogens is 226 g/mol. The van der Waals surface area contributed by atoms with Gasteiger partial charge in [0.2, 0.25) is 0 Å². The van der Waals surface area contributed by atoms with E-state index in [-0.39, 0.29) is 0 Å². The summed E-state index contributed by atoms with van der Waals surface area (Å²) in [6.45, 7) is 4.25. The third kappa shape index (κ3) is 2.48. The average Bonchev–Trinajstić information content (AvgIpc) is 2.23. The molecular formula is C12H18ClNO2. The van der Waals surface area contributed by atoms with Crippen molar-refractivity contribution in [2.24, 2.45) is 5.73 Å². The lowest BCUT2D eigenvalue weighted by Gasteiger charge is -2.19. The van der Waals surface area contributed by atoms with Crippen LogP contribution in [0.5, 0.6) is 5.75 Å². The highest BCUT2D eigenvalue weighted by atomic mass is 35.5. The van der Waals surface area contributed by atoms with Crippen molar-refractivity contribution in [3.63, 3.8) is 0 Å². The van der Waals surface area contributed by atoms with Gasteiger partial charge in [0.1, 0.15) is 5.75 Å². The van der Waals surface area contributed by atoms with Crippen LogP contribution in [0.2, 0.25) is 5.02 Å². The summed E-state index contributed by atoms with van der Waals surface area (Å²) < 4.78 is 5.29. The highest BCUT2D eigenvalue weighted by molar-refractivity contribution is 6.32. The topological polar surface area (TPSA) is 55.5 Å². The number of methoxy groups -OCH3 is 1. The van der Waals surface area contributed by atoms with Gasteiger partial charge in [0.25, 0.3) is 0 Å². The van der Waals surface area contributed by atoms with Crippen molar-refractivity contribution < 1.29 is 9.84 Å². The molecule has 0 heterocycles. The van der Waals surface area contributed by atoms with E-state index >= 15 is 0 Å². The van der Waals surface area contributed by atoms with Crippen LogP contribution in [0, 0.1) is 13.8 Å². The molecule has 90 valence electrons. The largest absolute Gasteiger partial charge is 0.496 e. The second-order valence-electron chi connectivity index (χ2n) is 3.86. The summed E-state index contributed by atoms with van der Waals surface area (Å²) in [5.74, 6) is 0.650. The monoisotopic (exact) mass is 243 g/mol. The van der Waals surface area contributed by atoms with Crippen molar-refractivity contribution in [2.75, 3.05) is 13.7 Å². The molecule has 3 N–H and O–H groups in total. The van der Waals surface area contributed by atoms with Gasteiger partial charge in [0.15, 0.2) is 0 Å². The van der Waals surface area contributed by atoms with E-state index in [4.69, 9.17) is 22.1 Å². The van der Waals surface area contributed by atoms with Crippen LogP contribution in [0.15, 0.2) is 6.07 Å². The zero-order chi connectivity index (χ0) is 12.3. The molecule has 0 fully saturated rings. The van der Waals surface area contributed by atoms with Gasteiger partial charge in [-0.3, -0.25) is 0 Å². The quantitative estimate of drug-likeness (QED) is 0.854. The van der Waals surface area contributed by atoms with E-state index in [1.807, 2.05) is 19.9 Å². The Bertz CT molecular complexity index is 380. The van der Waals surface area contributed by atoms with E-state index in [9.17, 15) is 5.11 Å². The fraction of sp³-hybridized carbons (Fsp3) is 0.500. The maximum atomic E-state index is 10.0. The Kier molecular flexibility index (Phi) is 4.59. The molecule has 1 rings (SSSR count). The molecule has 0 aliphatic rings. The zero-order valence-electron chi connectivity index (χ0n) is 9.88. The predicted octanol–water partition coefficient (Wildman–Crippen LogP) is 2.35. The minimum absolute atomic E-state index is 0.410. The standard InChI is InChI=1S/C12H18ClNO2/c1-7-6-8(2)12(16-3)10(11(7)13)9(15)4-5-14/h6,9,15H,4-5,14H2,1-3H3. The van der Waals surface area contributed by atoms with Crippen molar-refractivity contribution in [1.29, 1.82) is 0 Å². The van der Waals surface area contributed by atoms with E-state index in [1.54, 1.807) is 7.11 Å². The summed E-state index contributed by atoms with van der Waals surface area (Å²) in [6, 6.07) is 1.94. The molecule has 0 aromatic heterocycles. The molecule has 0 saturated carbocycles. The van der Waals surface area contributed by atoms with Crippen LogP contribution in [-0.4, -0.2) is 18.8 Å². The molecule has 1 atom stereocenters. The van der Waals surface area contributed by atoms with E-state index in [0.29, 0.717) is 29.3 Å². The lowest BCUT2D eigenvalue weighted by molar-refractivity contribution is 0.166. The summed E-state index contributed by atoms with van der Waals surface area (Å²) in [5, 5.41) is 10.6. The minimum Gasteiger partial charge on any atom is -0.496 e. The fourth-order valence-electron chi connectivity index (χ4n) is 1.85. The summed E-state index contributed by atoms with van der Waals surface area (Å²) >= 11 is 6.20. The van der Waals surface area contributed by atoms with E-state index in [2.05, 4.69) is 0 Å². The Hall–Kier alpha value is -0.770. The average molecular weight is 244 g/mol. The van der Waals surface area contributed by atoms with Gasteiger partial charge in [-0.1, -0.05) is 17.7 Å². The smallest absolute Gasteiger partial charge is 0.129 e. The molecule has 0 bridgehead atoms. The zero-order valence-corrected chi connectivity index (χ0v) is 10.6. The van der Waals surface area contributed by atoms with E-state index in [0.717, 1.165) is 11.1 Å². The SMILES string of the molecule is COc1c(C)cc(C)c(Cl)c1C(O)CCN. The number of benzene rings is 1. The molecule has 0 saturated heterocycles. The number of ether oxygens (including phenoxy) is 1. The molecule has 0 aliphatic carbocycles. The van der Waals surface area contributed by atoms with Crippen molar-refractivity contribution in [1.82, 2.24) is 0 Å². The molecule has 1 unspecified atom stereocenters. The number of hydrogen-bond donors (Lipinski definition) is 2. The van der Waals surface area contributed by atoms with Gasteiger partial charge in [0.05, 0.1) is 18.2 Å². The Labute approximate surface area is 101 Å². The van der Waals surface area contributed by atoms with Crippen molar-refractivity contribution in [3.05, 3.63) is 27.8 Å². The Balaban J connectivity index is 3.32. The molecule has 1 aromatic carbocycles. The fourth-order valence-corrected chi connectivity index (χ4v) is 2.12. The molecule has 3 nitrogen and oxygen atoms in total. The molecule has 16 heavy (non-hydrogen) atoms. The first kappa shape index (κ1) is 13.3. The van der Waals surface area contributed by atoms with Gasteiger partial charge in [-0.05, 0) is 37.9 Å². The van der Waals surface area contributed by atoms with Gasteiger partial charge in [-0.2, -0.15) is 0 Å². The van der Waals surface area contributed by atoms with Crippen LogP contribution in [-0.2, 0) is 0 Å². The van der Waals surface area contributed by atoms with Gasteiger partial charge in [-0.15, -0.1) is 0 Å². The molecule has 4 heteroatoms. The Morgan fingerprint density at radius 2 is 2.06 bits per heavy atom. The lowest BCUT2D eigenvalue weighted by Crippen LogP contribution is -2.09. The first-order valence-corrected chi connectivity index (χ1v) is 5.62. The first-order valence-electron chi connectivity index (χ1n) is 5.24. The number of hydrogen-bond acceptors (Lipinski definition) is 3. The van der Waals surface area contributed by atoms with Gasteiger partial charge in [0, 0.05) is 5.56 Å². The van der Waals surface area contributed by atoms with Crippen molar-refractivity contribution in [2.45, 2.75) is 26.4 Å². The highest BCUT2D eigenvalue weighted by Gasteiger charge is 2.20. The number of aryl methyl sites for hydroxylation is 2. The van der Waals surface area contributed by atoms with Crippen molar-refractivity contribution in [3.8, 4) is 5.75 Å². The summed E-state index contributed by atoms with van der Waals surface area (Å²) in [4.78, 5) is 0. The van der Waals surface area contributed by atoms with Crippen LogP contribution < -0.4 is 10.5 Å². The van der Waals surface area contributed by atoms with Crippen LogP contribution >= 0.6 is 11.6 Å². The van der Waals surface area contributed by atoms with Crippen LogP contribution in [0.25, 0.3) is 0 Å². The lowest BCUT2D eigenvalue weighted by atomic mass is 9.99. The molecule has 0 spiro atoms. The van der Waals surface area contributed by atoms with Gasteiger partial charge >= 0.3 is 0 Å². The van der Waals surface area contributed by atoms with Gasteiger partial charge < -0.3 is 15.6 Å². The third-order valence-corrected chi connectivity index (χ3v) is 3.10. The minimum atomic E-state index is -0.675. The maximum absolute atomic E-state index is 10.0. The second kappa shape index (κ2) is 5.53. The molecule has 1 aromatic rings. The first-order chi connectivity index (χ1) is 7.52. The summed E-state index contributed by atoms with van der Waals surface area (Å²) in [6.07, 6.45) is -0.204. The van der Waals surface area contributed by atoms with Crippen LogP contribution in [0.4, 0.5) is 0 Å². The number of nitrogens with two attached hydrogens (primary N) is 1. The Morgan fingerprint density at radius 1 is 1.44 bits per heavy atom. The highest BCUT2D eigenvalue weighted by Crippen LogP contribution is 2.38. The summed E-state index contributed by atoms with van der Waals surface area (Å²) in [5.41, 5.74) is 7.99. The Morgan fingerprint density at radius 3 is 2.56 bits per heavy atom.